The van der Waals surface area contributed by atoms with E-state index in [2.05, 4.69) is 87.6 Å². The second-order valence-electron chi connectivity index (χ2n) is 22.4. The maximum absolute atomic E-state index is 12.9. The lowest BCUT2D eigenvalue weighted by Crippen LogP contribution is -2.30. The van der Waals surface area contributed by atoms with E-state index in [0.717, 1.165) is 77.0 Å². The number of ether oxygens (including phenoxy) is 3. The predicted molar refractivity (Wildman–Crippen MR) is 335 cm³/mol. The van der Waals surface area contributed by atoms with Crippen LogP contribution in [0.1, 0.15) is 342 Å². The minimum atomic E-state index is -0.814. The Kier molecular flexibility index (Phi) is 62.7. The van der Waals surface area contributed by atoms with E-state index in [1.54, 1.807) is 0 Å². The number of esters is 3. The third-order valence-corrected chi connectivity index (χ3v) is 14.7. The summed E-state index contributed by atoms with van der Waals surface area (Å²) in [7, 11) is 0. The van der Waals surface area contributed by atoms with Crippen LogP contribution < -0.4 is 0 Å². The lowest BCUT2D eigenvalue weighted by Gasteiger charge is -2.18. The molecule has 0 rings (SSSR count). The minimum absolute atomic E-state index is 0.101. The van der Waals surface area contributed by atoms with Crippen LogP contribution in [0.5, 0.6) is 0 Å². The van der Waals surface area contributed by atoms with Crippen molar-refractivity contribution in [1.82, 2.24) is 0 Å². The standard InChI is InChI=1S/C71H126O6/c1-4-7-10-13-16-19-22-25-27-29-31-32-33-34-35-36-37-38-40-41-43-46-49-52-55-58-61-64-70(73)76-67-68(66-75-69(72)63-60-57-54-51-48-45-24-21-18-15-12-9-6-3)77-71(74)65-62-59-56-53-50-47-44-42-39-30-28-26-23-20-17-14-11-8-5-2/h8,11,17,20,26,28,39,42,47,50,56,59,68H,4-7,9-10,12-16,18-19,21-25,27,29-38,40-41,43-46,48-49,51-55,57-58,60-67H2,1-3H3/b11-8-,20-17-,28-26-,42-39-,50-47-,59-56-. The van der Waals surface area contributed by atoms with Crippen LogP contribution in [0.15, 0.2) is 72.9 Å². The Morgan fingerprint density at radius 3 is 0.766 bits per heavy atom. The zero-order valence-corrected chi connectivity index (χ0v) is 51.2. The van der Waals surface area contributed by atoms with E-state index < -0.39 is 6.10 Å². The van der Waals surface area contributed by atoms with Crippen LogP contribution >= 0.6 is 0 Å². The summed E-state index contributed by atoms with van der Waals surface area (Å²) in [5.41, 5.74) is 0. The van der Waals surface area contributed by atoms with Gasteiger partial charge in [0, 0.05) is 19.3 Å². The van der Waals surface area contributed by atoms with Crippen LogP contribution in [-0.2, 0) is 28.6 Å². The maximum Gasteiger partial charge on any atom is 0.306 e. The average Bonchev–Trinajstić information content (AvgIpc) is 3.43. The third kappa shape index (κ3) is 63.6. The molecule has 0 aromatic heterocycles. The molecule has 0 bridgehead atoms. The Hall–Kier alpha value is -3.15. The Balaban J connectivity index is 4.30. The van der Waals surface area contributed by atoms with E-state index in [1.807, 2.05) is 6.08 Å². The number of hydrogen-bond donors (Lipinski definition) is 0. The Labute approximate surface area is 478 Å². The molecule has 0 amide bonds. The molecule has 6 heteroatoms. The number of unbranched alkanes of at least 4 members (excludes halogenated alkanes) is 38. The van der Waals surface area contributed by atoms with Gasteiger partial charge in [-0.05, 0) is 57.8 Å². The van der Waals surface area contributed by atoms with Crippen molar-refractivity contribution in [3.63, 3.8) is 0 Å². The molecule has 6 nitrogen and oxygen atoms in total. The zero-order chi connectivity index (χ0) is 55.7. The highest BCUT2D eigenvalue weighted by Gasteiger charge is 2.19. The first-order valence-corrected chi connectivity index (χ1v) is 33.4. The molecule has 0 saturated carbocycles. The quantitative estimate of drug-likeness (QED) is 0.0261. The SMILES string of the molecule is CC/C=C\C/C=C\C/C=C\C/C=C\C/C=C\C/C=C\CCC(=O)OC(COC(=O)CCCCCCCCCCCCCCC)COC(=O)CCCCCCCCCCCCCCCCCCCCCCCCCCCCC. The van der Waals surface area contributed by atoms with Crippen molar-refractivity contribution >= 4 is 17.9 Å². The van der Waals surface area contributed by atoms with E-state index in [-0.39, 0.29) is 37.5 Å². The summed E-state index contributed by atoms with van der Waals surface area (Å²) in [6.07, 6.45) is 85.2. The van der Waals surface area contributed by atoms with Crippen LogP contribution in [0.2, 0.25) is 0 Å². The summed E-state index contributed by atoms with van der Waals surface area (Å²) in [5, 5.41) is 0. The van der Waals surface area contributed by atoms with Gasteiger partial charge in [0.1, 0.15) is 13.2 Å². The molecular formula is C71H126O6. The van der Waals surface area contributed by atoms with Crippen molar-refractivity contribution in [2.45, 2.75) is 348 Å². The lowest BCUT2D eigenvalue weighted by atomic mass is 10.0. The third-order valence-electron chi connectivity index (χ3n) is 14.7. The average molecular weight is 1080 g/mol. The summed E-state index contributed by atoms with van der Waals surface area (Å²) in [5.74, 6) is -0.968. The predicted octanol–water partition coefficient (Wildman–Crippen LogP) is 22.9. The molecule has 1 atom stereocenters. The highest BCUT2D eigenvalue weighted by Crippen LogP contribution is 2.18. The van der Waals surface area contributed by atoms with Gasteiger partial charge < -0.3 is 14.2 Å². The monoisotopic (exact) mass is 1070 g/mol. The first-order chi connectivity index (χ1) is 38.0. The molecule has 446 valence electrons. The molecule has 0 fully saturated rings. The van der Waals surface area contributed by atoms with Crippen LogP contribution in [0, 0.1) is 0 Å². The maximum atomic E-state index is 12.9. The van der Waals surface area contributed by atoms with Crippen LogP contribution in [0.3, 0.4) is 0 Å². The van der Waals surface area contributed by atoms with Gasteiger partial charge in [-0.1, -0.05) is 338 Å². The summed E-state index contributed by atoms with van der Waals surface area (Å²) < 4.78 is 16.9. The number of hydrogen-bond acceptors (Lipinski definition) is 6. The largest absolute Gasteiger partial charge is 0.462 e. The van der Waals surface area contributed by atoms with Gasteiger partial charge in [0.25, 0.3) is 0 Å². The van der Waals surface area contributed by atoms with Crippen molar-refractivity contribution in [3.8, 4) is 0 Å². The normalized spacial score (nSPS) is 12.5. The van der Waals surface area contributed by atoms with Gasteiger partial charge in [0.15, 0.2) is 6.10 Å². The second-order valence-corrected chi connectivity index (χ2v) is 22.4. The molecule has 0 radical (unpaired) electrons. The van der Waals surface area contributed by atoms with Crippen molar-refractivity contribution < 1.29 is 28.6 Å². The van der Waals surface area contributed by atoms with E-state index in [0.29, 0.717) is 19.3 Å². The number of rotatable bonds is 61. The fourth-order valence-corrected chi connectivity index (χ4v) is 9.77. The molecule has 0 N–H and O–H groups in total. The topological polar surface area (TPSA) is 78.9 Å². The Morgan fingerprint density at radius 2 is 0.506 bits per heavy atom. The van der Waals surface area contributed by atoms with Gasteiger partial charge in [-0.25, -0.2) is 0 Å². The fourth-order valence-electron chi connectivity index (χ4n) is 9.77. The van der Waals surface area contributed by atoms with Crippen LogP contribution in [-0.4, -0.2) is 37.2 Å². The molecule has 0 aliphatic carbocycles. The number of allylic oxidation sites excluding steroid dienone is 12. The number of carbonyl (C=O) groups excluding carboxylic acids is 3. The van der Waals surface area contributed by atoms with E-state index >= 15 is 0 Å². The van der Waals surface area contributed by atoms with Crippen LogP contribution in [0.25, 0.3) is 0 Å². The molecule has 0 heterocycles. The molecule has 1 unspecified atom stereocenters. The molecule has 0 aliphatic rings. The first kappa shape index (κ1) is 73.8. The van der Waals surface area contributed by atoms with Crippen molar-refractivity contribution in [2.24, 2.45) is 0 Å². The van der Waals surface area contributed by atoms with Gasteiger partial charge in [-0.2, -0.15) is 0 Å². The van der Waals surface area contributed by atoms with E-state index in [9.17, 15) is 14.4 Å². The van der Waals surface area contributed by atoms with Crippen LogP contribution in [0.4, 0.5) is 0 Å². The summed E-state index contributed by atoms with van der Waals surface area (Å²) in [6, 6.07) is 0. The fraction of sp³-hybridized carbons (Fsp3) is 0.789. The molecule has 0 spiro atoms. The zero-order valence-electron chi connectivity index (χ0n) is 51.2. The molecule has 0 aromatic carbocycles. The smallest absolute Gasteiger partial charge is 0.306 e. The van der Waals surface area contributed by atoms with Crippen molar-refractivity contribution in [1.29, 1.82) is 0 Å². The molecular weight excluding hydrogens is 949 g/mol. The first-order valence-electron chi connectivity index (χ1n) is 33.4. The molecule has 0 aliphatic heterocycles. The van der Waals surface area contributed by atoms with Gasteiger partial charge >= 0.3 is 17.9 Å². The second kappa shape index (κ2) is 65.4. The summed E-state index contributed by atoms with van der Waals surface area (Å²) in [6.45, 7) is 6.51. The lowest BCUT2D eigenvalue weighted by molar-refractivity contribution is -0.166. The van der Waals surface area contributed by atoms with Crippen molar-refractivity contribution in [2.75, 3.05) is 13.2 Å². The summed E-state index contributed by atoms with van der Waals surface area (Å²) >= 11 is 0. The highest BCUT2D eigenvalue weighted by molar-refractivity contribution is 5.71. The minimum Gasteiger partial charge on any atom is -0.462 e. The van der Waals surface area contributed by atoms with Gasteiger partial charge in [0.05, 0.1) is 0 Å². The summed E-state index contributed by atoms with van der Waals surface area (Å²) in [4.78, 5) is 38.3. The molecule has 77 heavy (non-hydrogen) atoms. The van der Waals surface area contributed by atoms with E-state index in [4.69, 9.17) is 14.2 Å². The highest BCUT2D eigenvalue weighted by atomic mass is 16.6. The van der Waals surface area contributed by atoms with Gasteiger partial charge in [-0.3, -0.25) is 14.4 Å². The Bertz CT molecular complexity index is 1420. The number of carbonyl (C=O) groups is 3. The van der Waals surface area contributed by atoms with Crippen molar-refractivity contribution in [3.05, 3.63) is 72.9 Å². The molecule has 0 aromatic rings. The van der Waals surface area contributed by atoms with E-state index in [1.165, 1.54) is 218 Å². The van der Waals surface area contributed by atoms with Gasteiger partial charge in [-0.15, -0.1) is 0 Å². The Morgan fingerprint density at radius 1 is 0.273 bits per heavy atom. The van der Waals surface area contributed by atoms with Gasteiger partial charge in [0.2, 0.25) is 0 Å². The molecule has 0 saturated heterocycles.